The first-order valence-electron chi connectivity index (χ1n) is 7.09. The number of carbonyl (C=O) groups is 1. The molecule has 5 nitrogen and oxygen atoms in total. The van der Waals surface area contributed by atoms with Gasteiger partial charge in [0.2, 0.25) is 0 Å². The number of rotatable bonds is 7. The van der Waals surface area contributed by atoms with Crippen molar-refractivity contribution in [3.63, 3.8) is 0 Å². The van der Waals surface area contributed by atoms with E-state index in [2.05, 4.69) is 4.98 Å². The fraction of sp³-hybridized carbons (Fsp3) is 0.375. The molecule has 0 fully saturated rings. The first kappa shape index (κ1) is 16.3. The van der Waals surface area contributed by atoms with E-state index in [1.54, 1.807) is 36.6 Å². The summed E-state index contributed by atoms with van der Waals surface area (Å²) in [7, 11) is 1.56. The third-order valence-electron chi connectivity index (χ3n) is 2.95. The first-order chi connectivity index (χ1) is 10.7. The summed E-state index contributed by atoms with van der Waals surface area (Å²) in [5.74, 6) is 0.710. The molecule has 2 aromatic rings. The Morgan fingerprint density at radius 3 is 2.73 bits per heavy atom. The Morgan fingerprint density at radius 2 is 2.09 bits per heavy atom. The summed E-state index contributed by atoms with van der Waals surface area (Å²) < 4.78 is 15.9. The number of hydrogen-bond donors (Lipinski definition) is 0. The van der Waals surface area contributed by atoms with Crippen molar-refractivity contribution in [3.05, 3.63) is 39.8 Å². The number of carbonyl (C=O) groups excluding carboxylic acids is 1. The summed E-state index contributed by atoms with van der Waals surface area (Å²) in [6, 6.07) is 4.98. The van der Waals surface area contributed by atoms with Crippen molar-refractivity contribution in [1.82, 2.24) is 4.98 Å². The van der Waals surface area contributed by atoms with Crippen LogP contribution in [0.15, 0.2) is 23.6 Å². The summed E-state index contributed by atoms with van der Waals surface area (Å²) in [5, 5.41) is 2.94. The first-order valence-corrected chi connectivity index (χ1v) is 7.97. The molecule has 0 spiro atoms. The van der Waals surface area contributed by atoms with Crippen molar-refractivity contribution in [3.8, 4) is 11.5 Å². The van der Waals surface area contributed by atoms with Gasteiger partial charge in [-0.1, -0.05) is 6.92 Å². The van der Waals surface area contributed by atoms with Crippen LogP contribution in [-0.4, -0.2) is 24.7 Å². The van der Waals surface area contributed by atoms with Gasteiger partial charge in [0.1, 0.15) is 6.61 Å². The largest absolute Gasteiger partial charge is 0.493 e. The molecule has 0 N–H and O–H groups in total. The molecule has 0 aliphatic heterocycles. The lowest BCUT2D eigenvalue weighted by atomic mass is 10.2. The number of thiazole rings is 1. The van der Waals surface area contributed by atoms with Crippen LogP contribution in [0, 0.1) is 0 Å². The smallest absolute Gasteiger partial charge is 0.338 e. The van der Waals surface area contributed by atoms with Crippen LogP contribution in [0.5, 0.6) is 11.5 Å². The predicted octanol–water partition coefficient (Wildman–Crippen LogP) is 3.47. The third-order valence-corrected chi connectivity index (χ3v) is 3.99. The van der Waals surface area contributed by atoms with E-state index in [-0.39, 0.29) is 6.61 Å². The lowest BCUT2D eigenvalue weighted by Crippen LogP contribution is -2.06. The van der Waals surface area contributed by atoms with Gasteiger partial charge in [0.05, 0.1) is 30.0 Å². The van der Waals surface area contributed by atoms with Crippen LogP contribution in [0.3, 0.4) is 0 Å². The topological polar surface area (TPSA) is 57.7 Å². The minimum atomic E-state index is -0.408. The molecule has 1 aromatic heterocycles. The molecule has 1 aromatic carbocycles. The summed E-state index contributed by atoms with van der Waals surface area (Å²) in [5.41, 5.74) is 1.20. The van der Waals surface area contributed by atoms with E-state index in [0.29, 0.717) is 23.7 Å². The van der Waals surface area contributed by atoms with Crippen molar-refractivity contribution in [2.45, 2.75) is 26.9 Å². The van der Waals surface area contributed by atoms with E-state index in [1.165, 1.54) is 0 Å². The van der Waals surface area contributed by atoms with Gasteiger partial charge in [-0.15, -0.1) is 11.3 Å². The quantitative estimate of drug-likeness (QED) is 0.731. The SMILES string of the molecule is CCOc1cc(C(=O)OCc2csc(CC)n2)ccc1OC. The van der Waals surface area contributed by atoms with Gasteiger partial charge in [-0.3, -0.25) is 0 Å². The van der Waals surface area contributed by atoms with Gasteiger partial charge in [0.15, 0.2) is 11.5 Å². The number of aryl methyl sites for hydroxylation is 1. The molecule has 2 rings (SSSR count). The second-order valence-corrected chi connectivity index (χ2v) is 5.40. The molecule has 6 heteroatoms. The summed E-state index contributed by atoms with van der Waals surface area (Å²) >= 11 is 1.57. The monoisotopic (exact) mass is 321 g/mol. The van der Waals surface area contributed by atoms with Crippen molar-refractivity contribution in [2.24, 2.45) is 0 Å². The fourth-order valence-corrected chi connectivity index (χ4v) is 2.60. The maximum absolute atomic E-state index is 12.1. The zero-order valence-electron chi connectivity index (χ0n) is 12.9. The summed E-state index contributed by atoms with van der Waals surface area (Å²) in [6.07, 6.45) is 0.884. The van der Waals surface area contributed by atoms with Crippen molar-refractivity contribution in [2.75, 3.05) is 13.7 Å². The Hall–Kier alpha value is -2.08. The van der Waals surface area contributed by atoms with E-state index in [1.807, 2.05) is 19.2 Å². The van der Waals surface area contributed by atoms with Crippen molar-refractivity contribution >= 4 is 17.3 Å². The summed E-state index contributed by atoms with van der Waals surface area (Å²) in [6.45, 7) is 4.58. The van der Waals surface area contributed by atoms with Gasteiger partial charge in [-0.25, -0.2) is 9.78 Å². The van der Waals surface area contributed by atoms with E-state index in [0.717, 1.165) is 17.1 Å². The molecule has 0 radical (unpaired) electrons. The average Bonchev–Trinajstić information content (AvgIpc) is 3.01. The molecule has 0 bridgehead atoms. The Balaban J connectivity index is 2.03. The summed E-state index contributed by atoms with van der Waals surface area (Å²) in [4.78, 5) is 16.5. The van der Waals surface area contributed by atoms with Crippen LogP contribution in [0.1, 0.15) is 34.9 Å². The molecule has 22 heavy (non-hydrogen) atoms. The van der Waals surface area contributed by atoms with Gasteiger partial charge < -0.3 is 14.2 Å². The standard InChI is InChI=1S/C16H19NO4S/c1-4-15-17-12(10-22-15)9-21-16(18)11-6-7-13(19-3)14(8-11)20-5-2/h6-8,10H,4-5,9H2,1-3H3. The predicted molar refractivity (Wildman–Crippen MR) is 84.8 cm³/mol. The molecule has 0 saturated heterocycles. The Morgan fingerprint density at radius 1 is 1.27 bits per heavy atom. The molecule has 0 saturated carbocycles. The van der Waals surface area contributed by atoms with E-state index >= 15 is 0 Å². The highest BCUT2D eigenvalue weighted by molar-refractivity contribution is 7.09. The molecule has 0 amide bonds. The normalized spacial score (nSPS) is 10.3. The highest BCUT2D eigenvalue weighted by Gasteiger charge is 2.13. The van der Waals surface area contributed by atoms with Crippen LogP contribution < -0.4 is 9.47 Å². The number of nitrogens with zero attached hydrogens (tertiary/aromatic N) is 1. The fourth-order valence-electron chi connectivity index (χ4n) is 1.87. The Bertz CT molecular complexity index is 639. The van der Waals surface area contributed by atoms with E-state index < -0.39 is 5.97 Å². The number of aromatic nitrogens is 1. The van der Waals surface area contributed by atoms with Gasteiger partial charge >= 0.3 is 5.97 Å². The van der Waals surface area contributed by atoms with Crippen LogP contribution in [0.25, 0.3) is 0 Å². The molecular weight excluding hydrogens is 302 g/mol. The minimum absolute atomic E-state index is 0.172. The van der Waals surface area contributed by atoms with Crippen molar-refractivity contribution in [1.29, 1.82) is 0 Å². The molecule has 118 valence electrons. The average molecular weight is 321 g/mol. The molecule has 0 aliphatic rings. The van der Waals surface area contributed by atoms with Gasteiger partial charge in [0.25, 0.3) is 0 Å². The number of ether oxygens (including phenoxy) is 3. The third kappa shape index (κ3) is 3.98. The molecule has 1 heterocycles. The lowest BCUT2D eigenvalue weighted by Gasteiger charge is -2.10. The number of esters is 1. The lowest BCUT2D eigenvalue weighted by molar-refractivity contribution is 0.0467. The second kappa shape index (κ2) is 7.79. The second-order valence-electron chi connectivity index (χ2n) is 4.46. The van der Waals surface area contributed by atoms with Crippen LogP contribution in [0.2, 0.25) is 0 Å². The van der Waals surface area contributed by atoms with E-state index in [9.17, 15) is 4.79 Å². The van der Waals surface area contributed by atoms with Crippen LogP contribution in [0.4, 0.5) is 0 Å². The highest BCUT2D eigenvalue weighted by Crippen LogP contribution is 2.28. The van der Waals surface area contributed by atoms with Crippen LogP contribution >= 0.6 is 11.3 Å². The minimum Gasteiger partial charge on any atom is -0.493 e. The number of hydrogen-bond acceptors (Lipinski definition) is 6. The highest BCUT2D eigenvalue weighted by atomic mass is 32.1. The van der Waals surface area contributed by atoms with Gasteiger partial charge in [0, 0.05) is 5.38 Å². The molecular formula is C16H19NO4S. The van der Waals surface area contributed by atoms with Gasteiger partial charge in [-0.2, -0.15) is 0 Å². The Labute approximate surface area is 133 Å². The van der Waals surface area contributed by atoms with Crippen LogP contribution in [-0.2, 0) is 17.8 Å². The maximum atomic E-state index is 12.1. The Kier molecular flexibility index (Phi) is 5.77. The molecule has 0 unspecified atom stereocenters. The van der Waals surface area contributed by atoms with Crippen molar-refractivity contribution < 1.29 is 19.0 Å². The number of methoxy groups -OCH3 is 1. The zero-order chi connectivity index (χ0) is 15.9. The maximum Gasteiger partial charge on any atom is 0.338 e. The van der Waals surface area contributed by atoms with E-state index in [4.69, 9.17) is 14.2 Å². The van der Waals surface area contributed by atoms with Gasteiger partial charge in [-0.05, 0) is 31.5 Å². The number of benzene rings is 1. The zero-order valence-corrected chi connectivity index (χ0v) is 13.7. The molecule has 0 atom stereocenters. The molecule has 0 aliphatic carbocycles.